The van der Waals surface area contributed by atoms with Crippen LogP contribution in [0, 0.1) is 13.8 Å². The molecule has 0 aromatic heterocycles. The van der Waals surface area contributed by atoms with Crippen molar-refractivity contribution in [1.29, 1.82) is 0 Å². The zero-order valence-electron chi connectivity index (χ0n) is 16.6. The van der Waals surface area contributed by atoms with Crippen LogP contribution in [-0.4, -0.2) is 33.2 Å². The number of fused-ring (bicyclic) bond motifs is 1. The van der Waals surface area contributed by atoms with E-state index in [0.29, 0.717) is 11.4 Å². The second-order valence-corrected chi connectivity index (χ2v) is 9.20. The molecule has 1 aliphatic heterocycles. The number of carbonyl (C=O) groups excluding carboxylic acids is 1. The number of nitrogens with one attached hydrogen (secondary N) is 1. The molecule has 2 aromatic rings. The number of benzene rings is 2. The minimum atomic E-state index is -3.47. The summed E-state index contributed by atoms with van der Waals surface area (Å²) in [6, 6.07) is 12.9. The lowest BCUT2D eigenvalue weighted by Crippen LogP contribution is -2.41. The lowest BCUT2D eigenvalue weighted by molar-refractivity contribution is -0.128. The molecule has 0 bridgehead atoms. The highest BCUT2D eigenvalue weighted by molar-refractivity contribution is 7.92. The van der Waals surface area contributed by atoms with Crippen LogP contribution in [0.2, 0.25) is 0 Å². The van der Waals surface area contributed by atoms with E-state index in [-0.39, 0.29) is 24.9 Å². The number of aryl methyl sites for hydroxylation is 2. The third kappa shape index (κ3) is 4.30. The van der Waals surface area contributed by atoms with Crippen LogP contribution >= 0.6 is 0 Å². The van der Waals surface area contributed by atoms with E-state index in [1.54, 1.807) is 24.3 Å². The summed E-state index contributed by atoms with van der Waals surface area (Å²) >= 11 is 0. The summed E-state index contributed by atoms with van der Waals surface area (Å²) in [5.74, 6) is 0.142. The fourth-order valence-corrected chi connectivity index (χ4v) is 4.41. The van der Waals surface area contributed by atoms with Gasteiger partial charge in [-0.05, 0) is 44.0 Å². The number of sulfonamides is 1. The number of nitrogens with zero attached hydrogens (tertiary/aromatic N) is 1. The van der Waals surface area contributed by atoms with Gasteiger partial charge in [0.25, 0.3) is 5.91 Å². The summed E-state index contributed by atoms with van der Waals surface area (Å²) in [5, 5.41) is 3.01. The SMILES string of the molecule is Cc1ccc(C)c([C@H](C)NC(=O)[C@H]2CCN(S(C)(=O)=O)c3ccccc3O2)c1. The number of amides is 1. The van der Waals surface area contributed by atoms with Gasteiger partial charge < -0.3 is 10.1 Å². The van der Waals surface area contributed by atoms with Gasteiger partial charge in [0.05, 0.1) is 18.0 Å². The zero-order valence-corrected chi connectivity index (χ0v) is 17.4. The molecule has 2 aromatic carbocycles. The van der Waals surface area contributed by atoms with E-state index in [0.717, 1.165) is 22.9 Å². The van der Waals surface area contributed by atoms with Crippen LogP contribution < -0.4 is 14.4 Å². The van der Waals surface area contributed by atoms with Crippen molar-refractivity contribution in [2.24, 2.45) is 0 Å². The van der Waals surface area contributed by atoms with Gasteiger partial charge in [-0.25, -0.2) is 8.42 Å². The van der Waals surface area contributed by atoms with Crippen molar-refractivity contribution in [2.75, 3.05) is 17.1 Å². The average molecular weight is 403 g/mol. The molecule has 0 radical (unpaired) electrons. The van der Waals surface area contributed by atoms with Crippen molar-refractivity contribution < 1.29 is 17.9 Å². The lowest BCUT2D eigenvalue weighted by Gasteiger charge is -2.21. The van der Waals surface area contributed by atoms with E-state index in [9.17, 15) is 13.2 Å². The van der Waals surface area contributed by atoms with Gasteiger partial charge in [0.15, 0.2) is 6.10 Å². The van der Waals surface area contributed by atoms with Gasteiger partial charge in [-0.3, -0.25) is 9.10 Å². The first-order chi connectivity index (χ1) is 13.2. The van der Waals surface area contributed by atoms with Crippen molar-refractivity contribution in [3.05, 3.63) is 59.2 Å². The highest BCUT2D eigenvalue weighted by Crippen LogP contribution is 2.34. The van der Waals surface area contributed by atoms with Crippen LogP contribution in [-0.2, 0) is 14.8 Å². The molecule has 6 nitrogen and oxygen atoms in total. The fourth-order valence-electron chi connectivity index (χ4n) is 3.47. The maximum atomic E-state index is 12.9. The van der Waals surface area contributed by atoms with Gasteiger partial charge in [0.2, 0.25) is 10.0 Å². The van der Waals surface area contributed by atoms with Crippen LogP contribution in [0.3, 0.4) is 0 Å². The monoisotopic (exact) mass is 402 g/mol. The Balaban J connectivity index is 1.81. The molecule has 0 fully saturated rings. The van der Waals surface area contributed by atoms with Gasteiger partial charge in [0, 0.05) is 13.0 Å². The molecule has 0 spiro atoms. The van der Waals surface area contributed by atoms with Crippen molar-refractivity contribution in [3.63, 3.8) is 0 Å². The first-order valence-electron chi connectivity index (χ1n) is 9.27. The predicted molar refractivity (Wildman–Crippen MR) is 110 cm³/mol. The number of ether oxygens (including phenoxy) is 1. The molecule has 0 unspecified atom stereocenters. The summed E-state index contributed by atoms with van der Waals surface area (Å²) in [7, 11) is -3.47. The first-order valence-corrected chi connectivity index (χ1v) is 11.1. The molecule has 1 amide bonds. The summed E-state index contributed by atoms with van der Waals surface area (Å²) < 4.78 is 31.6. The molecule has 150 valence electrons. The molecule has 28 heavy (non-hydrogen) atoms. The molecule has 1 aliphatic rings. The van der Waals surface area contributed by atoms with Crippen molar-refractivity contribution >= 4 is 21.6 Å². The Bertz CT molecular complexity index is 988. The predicted octanol–water partition coefficient (Wildman–Crippen LogP) is 3.10. The van der Waals surface area contributed by atoms with E-state index in [2.05, 4.69) is 11.4 Å². The summed E-state index contributed by atoms with van der Waals surface area (Å²) in [4.78, 5) is 12.9. The number of hydrogen-bond acceptors (Lipinski definition) is 4. The van der Waals surface area contributed by atoms with E-state index < -0.39 is 16.1 Å². The molecule has 7 heteroatoms. The van der Waals surface area contributed by atoms with Crippen LogP contribution in [0.5, 0.6) is 5.75 Å². The second kappa shape index (κ2) is 7.83. The Hall–Kier alpha value is -2.54. The molecule has 1 heterocycles. The minimum absolute atomic E-state index is 0.180. The van der Waals surface area contributed by atoms with Crippen LogP contribution in [0.4, 0.5) is 5.69 Å². The van der Waals surface area contributed by atoms with E-state index in [1.807, 2.05) is 32.9 Å². The standard InChI is InChI=1S/C21H26N2O4S/c1-14-9-10-15(2)17(13-14)16(3)22-21(24)20-11-12-23(28(4,25)26)18-7-5-6-8-19(18)27-20/h5-10,13,16,20H,11-12H2,1-4H3,(H,22,24)/t16-,20+/m0/s1. The third-order valence-electron chi connectivity index (χ3n) is 4.95. The molecular formula is C21H26N2O4S. The molecule has 2 atom stereocenters. The molecule has 1 N–H and O–H groups in total. The maximum absolute atomic E-state index is 12.9. The third-order valence-corrected chi connectivity index (χ3v) is 6.13. The van der Waals surface area contributed by atoms with Gasteiger partial charge in [-0.1, -0.05) is 35.9 Å². The normalized spacial score (nSPS) is 17.9. The maximum Gasteiger partial charge on any atom is 0.261 e. The molecule has 0 saturated heterocycles. The highest BCUT2D eigenvalue weighted by atomic mass is 32.2. The van der Waals surface area contributed by atoms with Crippen LogP contribution in [0.25, 0.3) is 0 Å². The number of carbonyl (C=O) groups is 1. The topological polar surface area (TPSA) is 75.7 Å². The summed E-state index contributed by atoms with van der Waals surface area (Å²) in [6.07, 6.45) is 0.667. The first kappa shape index (κ1) is 20.2. The lowest BCUT2D eigenvalue weighted by atomic mass is 10.00. The van der Waals surface area contributed by atoms with Gasteiger partial charge in [-0.15, -0.1) is 0 Å². The molecule has 0 saturated carbocycles. The number of hydrogen-bond donors (Lipinski definition) is 1. The van der Waals surface area contributed by atoms with Crippen molar-refractivity contribution in [1.82, 2.24) is 5.32 Å². The van der Waals surface area contributed by atoms with E-state index in [1.165, 1.54) is 4.31 Å². The number of rotatable bonds is 4. The minimum Gasteiger partial charge on any atom is -0.478 e. The molecular weight excluding hydrogens is 376 g/mol. The number of anilines is 1. The summed E-state index contributed by atoms with van der Waals surface area (Å²) in [5.41, 5.74) is 3.75. The fraction of sp³-hybridized carbons (Fsp3) is 0.381. The van der Waals surface area contributed by atoms with Gasteiger partial charge in [0.1, 0.15) is 5.75 Å². The van der Waals surface area contributed by atoms with E-state index >= 15 is 0 Å². The van der Waals surface area contributed by atoms with E-state index in [4.69, 9.17) is 4.74 Å². The largest absolute Gasteiger partial charge is 0.478 e. The Morgan fingerprint density at radius 1 is 1.21 bits per heavy atom. The highest BCUT2D eigenvalue weighted by Gasteiger charge is 2.31. The quantitative estimate of drug-likeness (QED) is 0.853. The smallest absolute Gasteiger partial charge is 0.261 e. The summed E-state index contributed by atoms with van der Waals surface area (Å²) in [6.45, 7) is 6.15. The van der Waals surface area contributed by atoms with Gasteiger partial charge >= 0.3 is 0 Å². The van der Waals surface area contributed by atoms with Crippen molar-refractivity contribution in [3.8, 4) is 5.75 Å². The molecule has 0 aliphatic carbocycles. The van der Waals surface area contributed by atoms with Gasteiger partial charge in [-0.2, -0.15) is 0 Å². The molecule has 3 rings (SSSR count). The second-order valence-electron chi connectivity index (χ2n) is 7.29. The van der Waals surface area contributed by atoms with Crippen molar-refractivity contribution in [2.45, 2.75) is 39.3 Å². The zero-order chi connectivity index (χ0) is 20.5. The Morgan fingerprint density at radius 3 is 2.64 bits per heavy atom. The average Bonchev–Trinajstić information content (AvgIpc) is 2.83. The van der Waals surface area contributed by atoms with Crippen LogP contribution in [0.15, 0.2) is 42.5 Å². The Labute approximate surface area is 166 Å². The Morgan fingerprint density at radius 2 is 1.93 bits per heavy atom. The Kier molecular flexibility index (Phi) is 5.65. The number of para-hydroxylation sites is 2. The van der Waals surface area contributed by atoms with Crippen LogP contribution in [0.1, 0.15) is 36.1 Å².